The first kappa shape index (κ1) is 23.7. The maximum atomic E-state index is 13.5. The Balaban J connectivity index is 1.78. The van der Waals surface area contributed by atoms with Gasteiger partial charge in [-0.05, 0) is 67.6 Å². The summed E-state index contributed by atoms with van der Waals surface area (Å²) in [5.41, 5.74) is 1.67. The van der Waals surface area contributed by atoms with Gasteiger partial charge in [0.1, 0.15) is 11.6 Å². The lowest BCUT2D eigenvalue weighted by atomic mass is 10.1. The van der Waals surface area contributed by atoms with Crippen molar-refractivity contribution in [2.45, 2.75) is 13.0 Å². The molecular weight excluding hydrogens is 446 g/mol. The van der Waals surface area contributed by atoms with Gasteiger partial charge in [0, 0.05) is 12.6 Å². The predicted molar refractivity (Wildman–Crippen MR) is 132 cm³/mol. The third kappa shape index (κ3) is 4.50. The molecule has 178 valence electrons. The normalized spacial score (nSPS) is 11.7. The molecule has 1 unspecified atom stereocenters. The van der Waals surface area contributed by atoms with Crippen molar-refractivity contribution in [1.82, 2.24) is 14.5 Å². The maximum Gasteiger partial charge on any atom is 0.337 e. The zero-order valence-corrected chi connectivity index (χ0v) is 19.9. The lowest BCUT2D eigenvalue weighted by Gasteiger charge is -2.27. The number of amides is 1. The summed E-state index contributed by atoms with van der Waals surface area (Å²) in [6.45, 7) is 1.82. The molecule has 0 saturated heterocycles. The number of benzene rings is 3. The Kier molecular flexibility index (Phi) is 6.64. The standard InChI is InChI=1S/C27H25N3O5/c1-17(29(2)25(31)18-9-11-19(12-10-18)27(33)35-4)24-28-23-8-6-5-7-22(23)26(32)30(24)20-13-15-21(34-3)16-14-20/h5-17H,1-4H3. The van der Waals surface area contributed by atoms with E-state index in [1.165, 1.54) is 16.6 Å². The summed E-state index contributed by atoms with van der Waals surface area (Å²) >= 11 is 0. The number of nitrogens with zero attached hydrogens (tertiary/aromatic N) is 3. The van der Waals surface area contributed by atoms with Crippen molar-refractivity contribution in [3.8, 4) is 11.4 Å². The monoisotopic (exact) mass is 471 g/mol. The van der Waals surface area contributed by atoms with Gasteiger partial charge in [0.05, 0.1) is 42.4 Å². The molecule has 0 saturated carbocycles. The number of hydrogen-bond donors (Lipinski definition) is 0. The molecule has 1 aromatic heterocycles. The molecule has 4 rings (SSSR count). The molecule has 1 heterocycles. The summed E-state index contributed by atoms with van der Waals surface area (Å²) < 4.78 is 11.5. The minimum Gasteiger partial charge on any atom is -0.497 e. The molecule has 0 fully saturated rings. The molecule has 0 aliphatic rings. The van der Waals surface area contributed by atoms with Crippen molar-refractivity contribution in [2.75, 3.05) is 21.3 Å². The molecule has 0 aliphatic carbocycles. The number of methoxy groups -OCH3 is 2. The summed E-state index contributed by atoms with van der Waals surface area (Å²) in [5.74, 6) is 0.320. The van der Waals surface area contributed by atoms with Gasteiger partial charge in [-0.1, -0.05) is 12.1 Å². The number of ether oxygens (including phenoxy) is 2. The quantitative estimate of drug-likeness (QED) is 0.395. The number of carbonyl (C=O) groups excluding carboxylic acids is 2. The Hall–Kier alpha value is -4.46. The number of aromatic nitrogens is 2. The van der Waals surface area contributed by atoms with Gasteiger partial charge in [-0.15, -0.1) is 0 Å². The van der Waals surface area contributed by atoms with Crippen LogP contribution in [0.4, 0.5) is 0 Å². The lowest BCUT2D eigenvalue weighted by molar-refractivity contribution is 0.0599. The summed E-state index contributed by atoms with van der Waals surface area (Å²) in [5, 5.41) is 0.478. The van der Waals surface area contributed by atoms with Gasteiger partial charge in [0.25, 0.3) is 11.5 Å². The molecule has 35 heavy (non-hydrogen) atoms. The first-order chi connectivity index (χ1) is 16.8. The Bertz CT molecular complexity index is 1440. The minimum atomic E-state index is -0.554. The third-order valence-electron chi connectivity index (χ3n) is 5.96. The van der Waals surface area contributed by atoms with Gasteiger partial charge in [-0.2, -0.15) is 0 Å². The number of hydrogen-bond acceptors (Lipinski definition) is 6. The molecule has 1 atom stereocenters. The van der Waals surface area contributed by atoms with E-state index < -0.39 is 12.0 Å². The van der Waals surface area contributed by atoms with Crippen LogP contribution in [0.3, 0.4) is 0 Å². The van der Waals surface area contributed by atoms with E-state index in [2.05, 4.69) is 0 Å². The van der Waals surface area contributed by atoms with E-state index in [1.54, 1.807) is 80.9 Å². The fourth-order valence-electron chi connectivity index (χ4n) is 3.83. The number of esters is 1. The molecule has 0 aliphatic heterocycles. The van der Waals surface area contributed by atoms with Crippen molar-refractivity contribution < 1.29 is 19.1 Å². The van der Waals surface area contributed by atoms with Crippen LogP contribution in [-0.4, -0.2) is 47.6 Å². The summed E-state index contributed by atoms with van der Waals surface area (Å²) in [4.78, 5) is 44.8. The molecule has 4 aromatic rings. The van der Waals surface area contributed by atoms with Crippen LogP contribution < -0.4 is 10.3 Å². The SMILES string of the molecule is COC(=O)c1ccc(C(=O)N(C)C(C)c2nc3ccccc3c(=O)n2-c2ccc(OC)cc2)cc1. The van der Waals surface area contributed by atoms with Gasteiger partial charge in [0.2, 0.25) is 0 Å². The van der Waals surface area contributed by atoms with Crippen LogP contribution in [0.15, 0.2) is 77.6 Å². The molecule has 8 heteroatoms. The second kappa shape index (κ2) is 9.80. The van der Waals surface area contributed by atoms with Crippen molar-refractivity contribution in [3.63, 3.8) is 0 Å². The summed E-state index contributed by atoms with van der Waals surface area (Å²) in [6.07, 6.45) is 0. The van der Waals surface area contributed by atoms with Gasteiger partial charge in [-0.3, -0.25) is 14.2 Å². The highest BCUT2D eigenvalue weighted by atomic mass is 16.5. The fraction of sp³-hybridized carbons (Fsp3) is 0.185. The summed E-state index contributed by atoms with van der Waals surface area (Å²) in [6, 6.07) is 19.9. The average Bonchev–Trinajstić information content (AvgIpc) is 2.91. The molecule has 0 radical (unpaired) electrons. The Labute approximate surface area is 202 Å². The van der Waals surface area contributed by atoms with Crippen LogP contribution in [0.2, 0.25) is 0 Å². The van der Waals surface area contributed by atoms with Gasteiger partial charge in [0.15, 0.2) is 0 Å². The minimum absolute atomic E-state index is 0.231. The predicted octanol–water partition coefficient (Wildman–Crippen LogP) is 4.01. The van der Waals surface area contributed by atoms with Gasteiger partial charge in [-0.25, -0.2) is 9.78 Å². The first-order valence-corrected chi connectivity index (χ1v) is 11.0. The largest absolute Gasteiger partial charge is 0.497 e. The Morgan fingerprint density at radius 2 is 1.54 bits per heavy atom. The number of rotatable bonds is 6. The number of fused-ring (bicyclic) bond motifs is 1. The van der Waals surface area contributed by atoms with Crippen LogP contribution >= 0.6 is 0 Å². The molecule has 1 amide bonds. The lowest BCUT2D eigenvalue weighted by Crippen LogP contribution is -2.34. The average molecular weight is 472 g/mol. The molecule has 0 bridgehead atoms. The van der Waals surface area contributed by atoms with Crippen LogP contribution in [0.1, 0.15) is 39.5 Å². The zero-order chi connectivity index (χ0) is 25.1. The highest BCUT2D eigenvalue weighted by molar-refractivity contribution is 5.96. The second-order valence-corrected chi connectivity index (χ2v) is 7.99. The molecular formula is C27H25N3O5. The van der Waals surface area contributed by atoms with Crippen molar-refractivity contribution in [2.24, 2.45) is 0 Å². The Morgan fingerprint density at radius 1 is 0.914 bits per heavy atom. The van der Waals surface area contributed by atoms with Gasteiger partial charge < -0.3 is 14.4 Å². The molecule has 3 aromatic carbocycles. The molecule has 0 N–H and O–H groups in total. The van der Waals surface area contributed by atoms with E-state index in [-0.39, 0.29) is 11.5 Å². The summed E-state index contributed by atoms with van der Waals surface area (Å²) in [7, 11) is 4.53. The van der Waals surface area contributed by atoms with E-state index in [0.29, 0.717) is 39.3 Å². The maximum absolute atomic E-state index is 13.5. The molecule has 0 spiro atoms. The number of para-hydroxylation sites is 1. The van der Waals surface area contributed by atoms with E-state index in [9.17, 15) is 14.4 Å². The van der Waals surface area contributed by atoms with E-state index in [0.717, 1.165) is 0 Å². The highest BCUT2D eigenvalue weighted by Crippen LogP contribution is 2.24. The van der Waals surface area contributed by atoms with E-state index in [1.807, 2.05) is 13.0 Å². The topological polar surface area (TPSA) is 90.7 Å². The van der Waals surface area contributed by atoms with Crippen LogP contribution in [0.5, 0.6) is 5.75 Å². The van der Waals surface area contributed by atoms with Crippen molar-refractivity contribution in [3.05, 3.63) is 100 Å². The zero-order valence-electron chi connectivity index (χ0n) is 19.9. The van der Waals surface area contributed by atoms with Crippen molar-refractivity contribution >= 4 is 22.8 Å². The number of carbonyl (C=O) groups is 2. The first-order valence-electron chi connectivity index (χ1n) is 11.0. The fourth-order valence-corrected chi connectivity index (χ4v) is 3.83. The van der Waals surface area contributed by atoms with Crippen LogP contribution in [0, 0.1) is 0 Å². The second-order valence-electron chi connectivity index (χ2n) is 7.99. The Morgan fingerprint density at radius 3 is 2.17 bits per heavy atom. The van der Waals surface area contributed by atoms with Gasteiger partial charge >= 0.3 is 5.97 Å². The third-order valence-corrected chi connectivity index (χ3v) is 5.96. The molecule has 8 nitrogen and oxygen atoms in total. The van der Waals surface area contributed by atoms with Crippen molar-refractivity contribution in [1.29, 1.82) is 0 Å². The smallest absolute Gasteiger partial charge is 0.337 e. The van der Waals surface area contributed by atoms with Crippen LogP contribution in [-0.2, 0) is 4.74 Å². The van der Waals surface area contributed by atoms with E-state index >= 15 is 0 Å². The van der Waals surface area contributed by atoms with Crippen LogP contribution in [0.25, 0.3) is 16.6 Å². The van der Waals surface area contributed by atoms with E-state index in [4.69, 9.17) is 14.5 Å². The highest BCUT2D eigenvalue weighted by Gasteiger charge is 2.25.